The second-order valence-electron chi connectivity index (χ2n) is 5.36. The Bertz CT molecular complexity index is 351. The second-order valence-corrected chi connectivity index (χ2v) is 5.36. The SMILES string of the molecule is CCCNCC(C)C(C)c1ccccc1OCCC. The predicted octanol–water partition coefficient (Wildman–Crippen LogP) is 4.21. The van der Waals surface area contributed by atoms with Crippen molar-refractivity contribution in [3.05, 3.63) is 29.8 Å². The van der Waals surface area contributed by atoms with Crippen LogP contribution in [0.1, 0.15) is 52.0 Å². The molecule has 0 aromatic heterocycles. The lowest BCUT2D eigenvalue weighted by Gasteiger charge is -2.23. The van der Waals surface area contributed by atoms with Gasteiger partial charge in [0.05, 0.1) is 6.61 Å². The molecule has 108 valence electrons. The molecule has 0 heterocycles. The van der Waals surface area contributed by atoms with Crippen LogP contribution in [-0.2, 0) is 0 Å². The Morgan fingerprint density at radius 3 is 2.53 bits per heavy atom. The fourth-order valence-electron chi connectivity index (χ4n) is 2.19. The van der Waals surface area contributed by atoms with Crippen molar-refractivity contribution in [3.63, 3.8) is 0 Å². The topological polar surface area (TPSA) is 21.3 Å². The van der Waals surface area contributed by atoms with Crippen LogP contribution in [0, 0.1) is 5.92 Å². The summed E-state index contributed by atoms with van der Waals surface area (Å²) < 4.78 is 5.86. The number of rotatable bonds is 9. The van der Waals surface area contributed by atoms with E-state index in [1.165, 1.54) is 12.0 Å². The molecule has 0 fully saturated rings. The van der Waals surface area contributed by atoms with E-state index in [2.05, 4.69) is 57.3 Å². The molecule has 0 radical (unpaired) electrons. The number of hydrogen-bond donors (Lipinski definition) is 1. The van der Waals surface area contributed by atoms with Crippen molar-refractivity contribution in [1.29, 1.82) is 0 Å². The molecule has 2 atom stereocenters. The minimum atomic E-state index is 0.511. The number of nitrogens with one attached hydrogen (secondary N) is 1. The van der Waals surface area contributed by atoms with Crippen molar-refractivity contribution < 1.29 is 4.74 Å². The van der Waals surface area contributed by atoms with Gasteiger partial charge >= 0.3 is 0 Å². The molecule has 0 aliphatic rings. The van der Waals surface area contributed by atoms with E-state index < -0.39 is 0 Å². The van der Waals surface area contributed by atoms with Crippen LogP contribution in [0.5, 0.6) is 5.75 Å². The highest BCUT2D eigenvalue weighted by atomic mass is 16.5. The lowest BCUT2D eigenvalue weighted by Crippen LogP contribution is -2.25. The lowest BCUT2D eigenvalue weighted by atomic mass is 9.88. The lowest BCUT2D eigenvalue weighted by molar-refractivity contribution is 0.308. The first-order valence-electron chi connectivity index (χ1n) is 7.63. The predicted molar refractivity (Wildman–Crippen MR) is 83.0 cm³/mol. The third-order valence-electron chi connectivity index (χ3n) is 3.62. The molecule has 19 heavy (non-hydrogen) atoms. The van der Waals surface area contributed by atoms with Gasteiger partial charge < -0.3 is 10.1 Å². The third-order valence-corrected chi connectivity index (χ3v) is 3.62. The molecule has 2 heteroatoms. The van der Waals surface area contributed by atoms with Gasteiger partial charge in [-0.2, -0.15) is 0 Å². The average molecular weight is 263 g/mol. The second kappa shape index (κ2) is 8.98. The maximum Gasteiger partial charge on any atom is 0.122 e. The quantitative estimate of drug-likeness (QED) is 0.674. The maximum atomic E-state index is 5.86. The third kappa shape index (κ3) is 5.23. The highest BCUT2D eigenvalue weighted by Crippen LogP contribution is 2.31. The van der Waals surface area contributed by atoms with Crippen LogP contribution in [0.4, 0.5) is 0 Å². The monoisotopic (exact) mass is 263 g/mol. The summed E-state index contributed by atoms with van der Waals surface area (Å²) in [5.41, 5.74) is 1.33. The van der Waals surface area contributed by atoms with Crippen LogP contribution in [0.2, 0.25) is 0 Å². The van der Waals surface area contributed by atoms with E-state index in [0.717, 1.165) is 31.9 Å². The van der Waals surface area contributed by atoms with Crippen molar-refractivity contribution in [2.45, 2.75) is 46.5 Å². The molecule has 0 spiro atoms. The molecule has 0 aliphatic carbocycles. The smallest absolute Gasteiger partial charge is 0.122 e. The first-order chi connectivity index (χ1) is 9.20. The summed E-state index contributed by atoms with van der Waals surface area (Å²) in [5.74, 6) is 2.18. The summed E-state index contributed by atoms with van der Waals surface area (Å²) in [4.78, 5) is 0. The van der Waals surface area contributed by atoms with Crippen LogP contribution in [-0.4, -0.2) is 19.7 Å². The Hall–Kier alpha value is -1.02. The molecule has 1 N–H and O–H groups in total. The Labute approximate surface area is 118 Å². The van der Waals surface area contributed by atoms with Gasteiger partial charge in [0.2, 0.25) is 0 Å². The van der Waals surface area contributed by atoms with Crippen LogP contribution >= 0.6 is 0 Å². The van der Waals surface area contributed by atoms with Gasteiger partial charge in [0.15, 0.2) is 0 Å². The van der Waals surface area contributed by atoms with Gasteiger partial charge in [0.25, 0.3) is 0 Å². The van der Waals surface area contributed by atoms with Crippen LogP contribution in [0.25, 0.3) is 0 Å². The molecular weight excluding hydrogens is 234 g/mol. The maximum absolute atomic E-state index is 5.86. The molecule has 1 rings (SSSR count). The van der Waals surface area contributed by atoms with Gasteiger partial charge in [-0.1, -0.05) is 45.9 Å². The molecule has 1 aromatic carbocycles. The standard InChI is InChI=1S/C17H29NO/c1-5-11-18-13-14(3)15(4)16-9-7-8-10-17(16)19-12-6-2/h7-10,14-15,18H,5-6,11-13H2,1-4H3. The summed E-state index contributed by atoms with van der Waals surface area (Å²) in [6.07, 6.45) is 2.24. The van der Waals surface area contributed by atoms with Gasteiger partial charge in [0, 0.05) is 0 Å². The number of ether oxygens (including phenoxy) is 1. The summed E-state index contributed by atoms with van der Waals surface area (Å²) in [6, 6.07) is 8.46. The minimum Gasteiger partial charge on any atom is -0.493 e. The fourth-order valence-corrected chi connectivity index (χ4v) is 2.19. The van der Waals surface area contributed by atoms with E-state index in [4.69, 9.17) is 4.74 Å². The first-order valence-corrected chi connectivity index (χ1v) is 7.63. The summed E-state index contributed by atoms with van der Waals surface area (Å²) in [6.45, 7) is 11.9. The normalized spacial score (nSPS) is 14.1. The van der Waals surface area contributed by atoms with E-state index in [1.54, 1.807) is 0 Å². The highest BCUT2D eigenvalue weighted by molar-refractivity contribution is 5.36. The van der Waals surface area contributed by atoms with Gasteiger partial charge in [-0.15, -0.1) is 0 Å². The largest absolute Gasteiger partial charge is 0.493 e. The minimum absolute atomic E-state index is 0.511. The molecule has 0 amide bonds. The Morgan fingerprint density at radius 1 is 1.11 bits per heavy atom. The summed E-state index contributed by atoms with van der Waals surface area (Å²) >= 11 is 0. The van der Waals surface area contributed by atoms with E-state index in [9.17, 15) is 0 Å². The zero-order chi connectivity index (χ0) is 14.1. The molecule has 0 aliphatic heterocycles. The fraction of sp³-hybridized carbons (Fsp3) is 0.647. The van der Waals surface area contributed by atoms with E-state index in [-0.39, 0.29) is 0 Å². The summed E-state index contributed by atoms with van der Waals surface area (Å²) in [5, 5.41) is 3.51. The van der Waals surface area contributed by atoms with E-state index >= 15 is 0 Å². The zero-order valence-corrected chi connectivity index (χ0v) is 12.9. The number of hydrogen-bond acceptors (Lipinski definition) is 2. The number of benzene rings is 1. The van der Waals surface area contributed by atoms with Crippen LogP contribution in [0.15, 0.2) is 24.3 Å². The molecule has 0 saturated heterocycles. The first kappa shape index (κ1) is 16.0. The highest BCUT2D eigenvalue weighted by Gasteiger charge is 2.17. The van der Waals surface area contributed by atoms with Crippen LogP contribution in [0.3, 0.4) is 0 Å². The molecule has 0 bridgehead atoms. The van der Waals surface area contributed by atoms with E-state index in [1.807, 2.05) is 0 Å². The van der Waals surface area contributed by atoms with E-state index in [0.29, 0.717) is 11.8 Å². The van der Waals surface area contributed by atoms with Crippen molar-refractivity contribution in [1.82, 2.24) is 5.32 Å². The van der Waals surface area contributed by atoms with Gasteiger partial charge in [-0.3, -0.25) is 0 Å². The number of para-hydroxylation sites is 1. The van der Waals surface area contributed by atoms with Gasteiger partial charge in [0.1, 0.15) is 5.75 Å². The molecular formula is C17H29NO. The van der Waals surface area contributed by atoms with Gasteiger partial charge in [-0.05, 0) is 49.4 Å². The Kier molecular flexibility index (Phi) is 7.57. The van der Waals surface area contributed by atoms with Crippen molar-refractivity contribution in [2.75, 3.05) is 19.7 Å². The average Bonchev–Trinajstić information content (AvgIpc) is 2.44. The molecule has 2 unspecified atom stereocenters. The van der Waals surface area contributed by atoms with Crippen molar-refractivity contribution >= 4 is 0 Å². The zero-order valence-electron chi connectivity index (χ0n) is 12.9. The van der Waals surface area contributed by atoms with Crippen LogP contribution < -0.4 is 10.1 Å². The Morgan fingerprint density at radius 2 is 1.84 bits per heavy atom. The van der Waals surface area contributed by atoms with Crippen molar-refractivity contribution in [3.8, 4) is 5.75 Å². The van der Waals surface area contributed by atoms with Gasteiger partial charge in [-0.25, -0.2) is 0 Å². The molecule has 0 saturated carbocycles. The molecule has 2 nitrogen and oxygen atoms in total. The van der Waals surface area contributed by atoms with Crippen molar-refractivity contribution in [2.24, 2.45) is 5.92 Å². The summed E-state index contributed by atoms with van der Waals surface area (Å²) in [7, 11) is 0. The molecule has 1 aromatic rings. The Balaban J connectivity index is 2.66.